The molecule has 0 aliphatic carbocycles. The zero-order valence-corrected chi connectivity index (χ0v) is 39.8. The first-order chi connectivity index (χ1) is 31.1. The highest BCUT2D eigenvalue weighted by molar-refractivity contribution is 5.70. The summed E-state index contributed by atoms with van der Waals surface area (Å²) < 4.78 is 81.8. The van der Waals surface area contributed by atoms with Crippen molar-refractivity contribution in [1.82, 2.24) is 0 Å². The van der Waals surface area contributed by atoms with Crippen molar-refractivity contribution >= 4 is 59.7 Å². The molecule has 3 fully saturated rings. The van der Waals surface area contributed by atoms with Gasteiger partial charge in [-0.3, -0.25) is 47.9 Å². The van der Waals surface area contributed by atoms with E-state index in [1.807, 2.05) is 0 Å². The van der Waals surface area contributed by atoms with Crippen molar-refractivity contribution in [3.63, 3.8) is 0 Å². The Morgan fingerprint density at radius 3 is 1.01 bits per heavy atom. The van der Waals surface area contributed by atoms with Gasteiger partial charge in [-0.1, -0.05) is 20.8 Å². The highest BCUT2D eigenvalue weighted by atomic mass is 16.7. The van der Waals surface area contributed by atoms with E-state index in [0.29, 0.717) is 0 Å². The van der Waals surface area contributed by atoms with Gasteiger partial charge < -0.3 is 66.3 Å². The largest absolute Gasteiger partial charge is 0.463 e. The molecule has 0 aromatic carbocycles. The van der Waals surface area contributed by atoms with Crippen LogP contribution in [0.4, 0.5) is 0 Å². The van der Waals surface area contributed by atoms with Crippen LogP contribution in [0.2, 0.25) is 0 Å². The summed E-state index contributed by atoms with van der Waals surface area (Å²) in [6.45, 7) is 14.2. The number of hydrogen-bond acceptors (Lipinski definition) is 24. The molecule has 0 bridgehead atoms. The van der Waals surface area contributed by atoms with Gasteiger partial charge >= 0.3 is 59.7 Å². The summed E-state index contributed by atoms with van der Waals surface area (Å²) in [5.41, 5.74) is -0.943. The Morgan fingerprint density at radius 1 is 0.358 bits per heavy atom. The van der Waals surface area contributed by atoms with Crippen molar-refractivity contribution in [2.75, 3.05) is 19.8 Å². The molecule has 3 saturated heterocycles. The second kappa shape index (κ2) is 24.5. The maximum absolute atomic E-state index is 13.0. The summed E-state index contributed by atoms with van der Waals surface area (Å²) in [6.07, 6.45) is -21.8. The summed E-state index contributed by atoms with van der Waals surface area (Å²) >= 11 is 0. The SMILES string of the molecule is CC(=O)OC[C@H]1O[C@@H](C[C@@H]2[C@@H](O[C@@H]3O[C@H](COC(C)=O)[C@@H](OC(C)=O)[C@H](OC(C)=O)[C@H]3OC(C)=O)[C@H](OC(C)=O)[C@@H](COC(C)=O)O[C@H]2C(C)(C)C)[C@H](OC(C)=O)[C@@H](OC(C)=O)[C@@H]1OC(C)=O. The smallest absolute Gasteiger partial charge is 0.303 e. The topological polar surface area (TPSA) is 300 Å². The molecule has 0 aromatic heterocycles. The number of carbonyl (C=O) groups is 10. The van der Waals surface area contributed by atoms with Crippen LogP contribution in [0.15, 0.2) is 0 Å². The van der Waals surface area contributed by atoms with Crippen molar-refractivity contribution in [2.24, 2.45) is 11.3 Å². The Balaban J connectivity index is 2.42. The molecule has 0 spiro atoms. The van der Waals surface area contributed by atoms with Crippen molar-refractivity contribution in [3.05, 3.63) is 0 Å². The summed E-state index contributed by atoms with van der Waals surface area (Å²) in [7, 11) is 0. The predicted molar refractivity (Wildman–Crippen MR) is 217 cm³/mol. The lowest BCUT2D eigenvalue weighted by molar-refractivity contribution is -0.346. The van der Waals surface area contributed by atoms with E-state index in [9.17, 15) is 47.9 Å². The van der Waals surface area contributed by atoms with Crippen molar-refractivity contribution in [2.45, 2.75) is 182 Å². The number of ether oxygens (including phenoxy) is 14. The van der Waals surface area contributed by atoms with Crippen LogP contribution in [0.1, 0.15) is 96.4 Å². The van der Waals surface area contributed by atoms with Gasteiger partial charge in [-0.05, 0) is 11.8 Å². The van der Waals surface area contributed by atoms with E-state index < -0.39 is 176 Å². The highest BCUT2D eigenvalue weighted by Gasteiger charge is 2.60. The summed E-state index contributed by atoms with van der Waals surface area (Å²) in [4.78, 5) is 125. The van der Waals surface area contributed by atoms with E-state index in [-0.39, 0.29) is 6.42 Å². The van der Waals surface area contributed by atoms with Crippen molar-refractivity contribution in [3.8, 4) is 0 Å². The number of esters is 10. The van der Waals surface area contributed by atoms with Gasteiger partial charge in [0.2, 0.25) is 0 Å². The molecular formula is C43H62O24. The molecule has 3 aliphatic rings. The Bertz CT molecular complexity index is 1820. The van der Waals surface area contributed by atoms with Gasteiger partial charge in [0, 0.05) is 75.2 Å². The minimum absolute atomic E-state index is 0.366. The maximum atomic E-state index is 13.0. The van der Waals surface area contributed by atoms with Crippen LogP contribution in [0.5, 0.6) is 0 Å². The van der Waals surface area contributed by atoms with Crippen LogP contribution in [0.25, 0.3) is 0 Å². The first kappa shape index (κ1) is 55.9. The highest BCUT2D eigenvalue weighted by Crippen LogP contribution is 2.45. The third-order valence-corrected chi connectivity index (χ3v) is 10.3. The van der Waals surface area contributed by atoms with Gasteiger partial charge in [0.05, 0.1) is 12.2 Å². The van der Waals surface area contributed by atoms with E-state index in [2.05, 4.69) is 0 Å². The molecule has 24 heteroatoms. The molecular weight excluding hydrogens is 900 g/mol. The normalized spacial score (nSPS) is 31.6. The number of hydrogen-bond donors (Lipinski definition) is 0. The van der Waals surface area contributed by atoms with Crippen LogP contribution in [0.3, 0.4) is 0 Å². The predicted octanol–water partition coefficient (Wildman–Crippen LogP) is 0.895. The van der Waals surface area contributed by atoms with Crippen LogP contribution < -0.4 is 0 Å². The van der Waals surface area contributed by atoms with E-state index in [1.54, 1.807) is 20.8 Å². The second-order valence-corrected chi connectivity index (χ2v) is 17.1. The van der Waals surface area contributed by atoms with E-state index in [0.717, 1.165) is 69.2 Å². The molecule has 3 heterocycles. The molecule has 378 valence electrons. The zero-order chi connectivity index (χ0) is 50.7. The van der Waals surface area contributed by atoms with Gasteiger partial charge in [-0.2, -0.15) is 0 Å². The summed E-state index contributed by atoms with van der Waals surface area (Å²) in [5, 5.41) is 0. The van der Waals surface area contributed by atoms with Gasteiger partial charge in [0.15, 0.2) is 49.0 Å². The molecule has 67 heavy (non-hydrogen) atoms. The first-order valence-electron chi connectivity index (χ1n) is 21.3. The summed E-state index contributed by atoms with van der Waals surface area (Å²) in [6, 6.07) is 0. The third kappa shape index (κ3) is 16.7. The minimum Gasteiger partial charge on any atom is -0.463 e. The maximum Gasteiger partial charge on any atom is 0.303 e. The lowest BCUT2D eigenvalue weighted by Crippen LogP contribution is -2.67. The third-order valence-electron chi connectivity index (χ3n) is 10.3. The van der Waals surface area contributed by atoms with Crippen molar-refractivity contribution < 1.29 is 114 Å². The van der Waals surface area contributed by atoms with Gasteiger partial charge in [-0.15, -0.1) is 0 Å². The Morgan fingerprint density at radius 2 is 0.657 bits per heavy atom. The average molecular weight is 963 g/mol. The van der Waals surface area contributed by atoms with E-state index in [4.69, 9.17) is 66.3 Å². The molecule has 15 atom stereocenters. The molecule has 0 unspecified atom stereocenters. The van der Waals surface area contributed by atoms with E-state index >= 15 is 0 Å². The average Bonchev–Trinajstić information content (AvgIpc) is 3.16. The van der Waals surface area contributed by atoms with Crippen LogP contribution in [-0.2, 0) is 114 Å². The van der Waals surface area contributed by atoms with Gasteiger partial charge in [0.1, 0.15) is 44.2 Å². The second-order valence-electron chi connectivity index (χ2n) is 17.1. The zero-order valence-electron chi connectivity index (χ0n) is 39.8. The lowest BCUT2D eigenvalue weighted by atomic mass is 9.71. The van der Waals surface area contributed by atoms with Gasteiger partial charge in [-0.25, -0.2) is 0 Å². The Labute approximate surface area is 386 Å². The number of rotatable bonds is 17. The fourth-order valence-corrected chi connectivity index (χ4v) is 8.17. The molecule has 24 nitrogen and oxygen atoms in total. The first-order valence-corrected chi connectivity index (χ1v) is 21.3. The monoisotopic (exact) mass is 962 g/mol. The standard InChI is InChI=1S/C43H62O24/c1-18(44)54-15-30-36(59-23(6)49)38(61-25(8)51)34(57-21(4)47)29(64-30)14-28-33(35(58-22(5)48)31(16-55-19(2)45)65-41(28)43(11,12)13)67-42-40(63-27(10)53)39(62-26(9)52)37(60-24(7)50)32(66-42)17-56-20(3)46/h28-42H,14-17H2,1-13H3/t28-,29+,30-,31-,32-,33-,34+,35-,36-,37-,38-,39+,40-,41-,42+/m1/s1. The fourth-order valence-electron chi connectivity index (χ4n) is 8.17. The molecule has 3 rings (SSSR count). The molecule has 0 N–H and O–H groups in total. The molecule has 0 saturated carbocycles. The van der Waals surface area contributed by atoms with Crippen LogP contribution in [0, 0.1) is 11.3 Å². The molecule has 0 aromatic rings. The number of carbonyl (C=O) groups excluding carboxylic acids is 10. The van der Waals surface area contributed by atoms with Crippen LogP contribution in [-0.4, -0.2) is 165 Å². The quantitative estimate of drug-likeness (QED) is 0.144. The fraction of sp³-hybridized carbons (Fsp3) is 0.767. The summed E-state index contributed by atoms with van der Waals surface area (Å²) in [5.74, 6) is -9.82. The lowest BCUT2D eigenvalue weighted by Gasteiger charge is -2.53. The van der Waals surface area contributed by atoms with Crippen molar-refractivity contribution in [1.29, 1.82) is 0 Å². The molecule has 0 amide bonds. The Hall–Kier alpha value is -5.46. The molecule has 3 aliphatic heterocycles. The Kier molecular flexibility index (Phi) is 20.5. The van der Waals surface area contributed by atoms with E-state index in [1.165, 1.54) is 0 Å². The molecule has 0 radical (unpaired) electrons. The van der Waals surface area contributed by atoms with Crippen LogP contribution >= 0.6 is 0 Å². The minimum atomic E-state index is -1.88. The van der Waals surface area contributed by atoms with Gasteiger partial charge in [0.25, 0.3) is 0 Å².